The lowest BCUT2D eigenvalue weighted by Crippen LogP contribution is -2.20. The fraction of sp³-hybridized carbons (Fsp3) is 0.267. The summed E-state index contributed by atoms with van der Waals surface area (Å²) in [5, 5.41) is 9.74. The number of nitrogens with zero attached hydrogens (tertiary/aromatic N) is 2. The summed E-state index contributed by atoms with van der Waals surface area (Å²) in [4.78, 5) is 5.99. The fourth-order valence-corrected chi connectivity index (χ4v) is 2.09. The van der Waals surface area contributed by atoms with Gasteiger partial charge in [-0.3, -0.25) is 4.98 Å². The number of aliphatic hydroxyl groups is 1. The first-order valence-corrected chi connectivity index (χ1v) is 6.17. The van der Waals surface area contributed by atoms with Gasteiger partial charge < -0.3 is 10.0 Å². The highest BCUT2D eigenvalue weighted by molar-refractivity contribution is 5.55. The van der Waals surface area contributed by atoms with E-state index in [1.165, 1.54) is 6.07 Å². The summed E-state index contributed by atoms with van der Waals surface area (Å²) < 4.78 is 14.0. The number of benzene rings is 1. The summed E-state index contributed by atoms with van der Waals surface area (Å²) in [6, 6.07) is 10.4. The van der Waals surface area contributed by atoms with Crippen LogP contribution in [-0.2, 0) is 6.54 Å². The molecule has 1 aromatic heterocycles. The Morgan fingerprint density at radius 1 is 1.26 bits per heavy atom. The molecule has 2 aromatic rings. The van der Waals surface area contributed by atoms with Crippen molar-refractivity contribution in [3.63, 3.8) is 0 Å². The van der Waals surface area contributed by atoms with Crippen molar-refractivity contribution in [3.8, 4) is 0 Å². The maximum atomic E-state index is 14.0. The van der Waals surface area contributed by atoms with Crippen molar-refractivity contribution >= 4 is 5.69 Å². The lowest BCUT2D eigenvalue weighted by atomic mass is 10.1. The van der Waals surface area contributed by atoms with E-state index in [0.29, 0.717) is 17.8 Å². The minimum Gasteiger partial charge on any atom is -0.389 e. The lowest BCUT2D eigenvalue weighted by molar-refractivity contribution is 0.199. The monoisotopic (exact) mass is 260 g/mol. The van der Waals surface area contributed by atoms with Crippen molar-refractivity contribution in [2.24, 2.45) is 0 Å². The highest BCUT2D eigenvalue weighted by Gasteiger charge is 2.16. The summed E-state index contributed by atoms with van der Waals surface area (Å²) in [5.74, 6) is -0.336. The van der Waals surface area contributed by atoms with Gasteiger partial charge in [-0.1, -0.05) is 18.2 Å². The van der Waals surface area contributed by atoms with E-state index in [2.05, 4.69) is 4.98 Å². The van der Waals surface area contributed by atoms with Gasteiger partial charge in [0.25, 0.3) is 0 Å². The van der Waals surface area contributed by atoms with Crippen molar-refractivity contribution < 1.29 is 9.50 Å². The number of hydrogen-bond acceptors (Lipinski definition) is 3. The second-order valence-electron chi connectivity index (χ2n) is 4.53. The molecule has 1 N–H and O–H groups in total. The summed E-state index contributed by atoms with van der Waals surface area (Å²) in [6.07, 6.45) is 0.997. The van der Waals surface area contributed by atoms with Crippen LogP contribution in [0.1, 0.15) is 24.3 Å². The van der Waals surface area contributed by atoms with E-state index in [1.54, 1.807) is 37.2 Å². The van der Waals surface area contributed by atoms with E-state index in [1.807, 2.05) is 18.2 Å². The van der Waals surface area contributed by atoms with Gasteiger partial charge in [-0.2, -0.15) is 0 Å². The maximum Gasteiger partial charge on any atom is 0.146 e. The summed E-state index contributed by atoms with van der Waals surface area (Å²) in [6.45, 7) is 2.12. The summed E-state index contributed by atoms with van der Waals surface area (Å²) >= 11 is 0. The van der Waals surface area contributed by atoms with E-state index in [4.69, 9.17) is 0 Å². The largest absolute Gasteiger partial charge is 0.389 e. The van der Waals surface area contributed by atoms with Gasteiger partial charge >= 0.3 is 0 Å². The standard InChI is InChI=1S/C15H17FN2O/c1-11(19)13-7-5-8-14(16)15(13)18(2)10-12-6-3-4-9-17-12/h3-9,11,19H,10H2,1-2H3/t11-/m0/s1. The average Bonchev–Trinajstić information content (AvgIpc) is 2.39. The second kappa shape index (κ2) is 5.80. The Balaban J connectivity index is 2.31. The molecule has 1 heterocycles. The molecule has 0 saturated heterocycles. The molecule has 0 fully saturated rings. The summed E-state index contributed by atoms with van der Waals surface area (Å²) in [5.41, 5.74) is 1.85. The number of anilines is 1. The molecule has 4 heteroatoms. The van der Waals surface area contributed by atoms with E-state index < -0.39 is 6.10 Å². The minimum absolute atomic E-state index is 0.336. The molecule has 0 amide bonds. The van der Waals surface area contributed by atoms with Gasteiger partial charge in [0.05, 0.1) is 24.0 Å². The number of aromatic nitrogens is 1. The van der Waals surface area contributed by atoms with Gasteiger partial charge in [-0.15, -0.1) is 0 Å². The molecule has 0 saturated carbocycles. The fourth-order valence-electron chi connectivity index (χ4n) is 2.09. The first kappa shape index (κ1) is 13.5. The van der Waals surface area contributed by atoms with Gasteiger partial charge in [-0.25, -0.2) is 4.39 Å². The highest BCUT2D eigenvalue weighted by Crippen LogP contribution is 2.29. The number of halogens is 1. The Hall–Kier alpha value is -1.94. The van der Waals surface area contributed by atoms with Gasteiger partial charge in [0.1, 0.15) is 5.82 Å². The zero-order valence-electron chi connectivity index (χ0n) is 11.0. The lowest BCUT2D eigenvalue weighted by Gasteiger charge is -2.23. The summed E-state index contributed by atoms with van der Waals surface area (Å²) in [7, 11) is 1.79. The van der Waals surface area contributed by atoms with Crippen LogP contribution in [0.2, 0.25) is 0 Å². The van der Waals surface area contributed by atoms with Crippen molar-refractivity contribution in [3.05, 3.63) is 59.7 Å². The normalized spacial score (nSPS) is 12.2. The van der Waals surface area contributed by atoms with Gasteiger partial charge in [0, 0.05) is 18.8 Å². The molecule has 0 aliphatic heterocycles. The first-order valence-electron chi connectivity index (χ1n) is 6.17. The van der Waals surface area contributed by atoms with Crippen LogP contribution in [0, 0.1) is 5.82 Å². The Morgan fingerprint density at radius 2 is 2.05 bits per heavy atom. The molecule has 0 bridgehead atoms. The zero-order valence-corrected chi connectivity index (χ0v) is 11.0. The first-order chi connectivity index (χ1) is 9.09. The Morgan fingerprint density at radius 3 is 2.68 bits per heavy atom. The average molecular weight is 260 g/mol. The number of aliphatic hydroxyl groups excluding tert-OH is 1. The quantitative estimate of drug-likeness (QED) is 0.918. The predicted molar refractivity (Wildman–Crippen MR) is 73.4 cm³/mol. The molecule has 0 aliphatic rings. The number of rotatable bonds is 4. The highest BCUT2D eigenvalue weighted by atomic mass is 19.1. The van der Waals surface area contributed by atoms with Crippen LogP contribution in [0.4, 0.5) is 10.1 Å². The number of pyridine rings is 1. The molecule has 0 spiro atoms. The Bertz CT molecular complexity index is 543. The zero-order chi connectivity index (χ0) is 13.8. The Kier molecular flexibility index (Phi) is 4.12. The van der Waals surface area contributed by atoms with Gasteiger partial charge in [0.2, 0.25) is 0 Å². The third-order valence-electron chi connectivity index (χ3n) is 2.98. The van der Waals surface area contributed by atoms with Crippen LogP contribution in [0.3, 0.4) is 0 Å². The molecule has 3 nitrogen and oxygen atoms in total. The molecule has 1 aromatic carbocycles. The molecular formula is C15H17FN2O. The molecule has 0 unspecified atom stereocenters. The van der Waals surface area contributed by atoms with E-state index in [-0.39, 0.29) is 5.82 Å². The van der Waals surface area contributed by atoms with Crippen LogP contribution in [0.15, 0.2) is 42.6 Å². The van der Waals surface area contributed by atoms with Crippen LogP contribution < -0.4 is 4.90 Å². The molecular weight excluding hydrogens is 243 g/mol. The van der Waals surface area contributed by atoms with E-state index >= 15 is 0 Å². The molecule has 19 heavy (non-hydrogen) atoms. The van der Waals surface area contributed by atoms with Crippen LogP contribution in [-0.4, -0.2) is 17.1 Å². The minimum atomic E-state index is -0.711. The van der Waals surface area contributed by atoms with Gasteiger partial charge in [-0.05, 0) is 25.1 Å². The molecule has 0 radical (unpaired) electrons. The third kappa shape index (κ3) is 3.09. The van der Waals surface area contributed by atoms with Gasteiger partial charge in [0.15, 0.2) is 0 Å². The van der Waals surface area contributed by atoms with Crippen molar-refractivity contribution in [1.29, 1.82) is 0 Å². The molecule has 0 aliphatic carbocycles. The van der Waals surface area contributed by atoms with E-state index in [0.717, 1.165) is 5.69 Å². The number of para-hydroxylation sites is 1. The van der Waals surface area contributed by atoms with Crippen LogP contribution in [0.25, 0.3) is 0 Å². The van der Waals surface area contributed by atoms with Crippen molar-refractivity contribution in [1.82, 2.24) is 4.98 Å². The topological polar surface area (TPSA) is 36.4 Å². The number of hydrogen-bond donors (Lipinski definition) is 1. The van der Waals surface area contributed by atoms with Crippen LogP contribution in [0.5, 0.6) is 0 Å². The third-order valence-corrected chi connectivity index (χ3v) is 2.98. The SMILES string of the molecule is C[C@H](O)c1cccc(F)c1N(C)Cc1ccccn1. The Labute approximate surface area is 112 Å². The molecule has 100 valence electrons. The van der Waals surface area contributed by atoms with Crippen molar-refractivity contribution in [2.75, 3.05) is 11.9 Å². The maximum absolute atomic E-state index is 14.0. The predicted octanol–water partition coefficient (Wildman–Crippen LogP) is 2.91. The van der Waals surface area contributed by atoms with E-state index in [9.17, 15) is 9.50 Å². The van der Waals surface area contributed by atoms with Crippen LogP contribution >= 0.6 is 0 Å². The second-order valence-corrected chi connectivity index (χ2v) is 4.53. The van der Waals surface area contributed by atoms with Crippen molar-refractivity contribution in [2.45, 2.75) is 19.6 Å². The smallest absolute Gasteiger partial charge is 0.146 e. The molecule has 2 rings (SSSR count). The molecule has 1 atom stereocenters.